The predicted molar refractivity (Wildman–Crippen MR) is 108 cm³/mol. The molecular formula is C24H17NO. The second-order valence-corrected chi connectivity index (χ2v) is 7.01. The van der Waals surface area contributed by atoms with Crippen LogP contribution in [0.5, 0.6) is 0 Å². The highest BCUT2D eigenvalue weighted by Gasteiger charge is 2.12. The van der Waals surface area contributed by atoms with Crippen LogP contribution in [-0.4, -0.2) is 4.98 Å². The zero-order valence-electron chi connectivity index (χ0n) is 14.3. The Morgan fingerprint density at radius 2 is 1.54 bits per heavy atom. The molecule has 3 aromatic carbocycles. The van der Waals surface area contributed by atoms with Crippen molar-refractivity contribution in [3.8, 4) is 11.1 Å². The van der Waals surface area contributed by atoms with Crippen LogP contribution in [0.25, 0.3) is 56.1 Å². The molecule has 1 aliphatic carbocycles. The molecule has 0 saturated heterocycles. The molecule has 0 atom stereocenters. The minimum Gasteiger partial charge on any atom is -0.456 e. The second-order valence-electron chi connectivity index (χ2n) is 7.01. The van der Waals surface area contributed by atoms with E-state index in [1.165, 1.54) is 37.9 Å². The quantitative estimate of drug-likeness (QED) is 0.454. The molecule has 0 spiro atoms. The first-order valence-corrected chi connectivity index (χ1v) is 9.11. The van der Waals surface area contributed by atoms with Crippen LogP contribution in [0.4, 0.5) is 0 Å². The first kappa shape index (κ1) is 14.0. The van der Waals surface area contributed by atoms with E-state index in [0.717, 1.165) is 29.5 Å². The molecule has 2 nitrogen and oxygen atoms in total. The fraction of sp³-hybridized carbons (Fsp3) is 0.0833. The van der Waals surface area contributed by atoms with Crippen molar-refractivity contribution in [1.29, 1.82) is 0 Å². The van der Waals surface area contributed by atoms with Gasteiger partial charge in [-0.25, -0.2) is 0 Å². The van der Waals surface area contributed by atoms with Gasteiger partial charge in [0.2, 0.25) is 0 Å². The Bertz CT molecular complexity index is 1420. The third-order valence-electron chi connectivity index (χ3n) is 5.43. The zero-order valence-corrected chi connectivity index (χ0v) is 14.3. The van der Waals surface area contributed by atoms with Crippen LogP contribution in [0.3, 0.4) is 0 Å². The molecule has 2 heteroatoms. The van der Waals surface area contributed by atoms with E-state index in [1.807, 2.05) is 0 Å². The van der Waals surface area contributed by atoms with Crippen LogP contribution in [0.15, 0.2) is 65.1 Å². The standard InChI is InChI=1S/C24H17NO/c1-2-6-15(7-3-1)16-10-11-23-19(12-16)20-13-18-17-8-4-5-9-21(17)25-22(18)14-24(20)26-23/h1-3,6-14,25H,4-5H2. The van der Waals surface area contributed by atoms with E-state index < -0.39 is 0 Å². The van der Waals surface area contributed by atoms with Crippen molar-refractivity contribution >= 4 is 45.0 Å². The second kappa shape index (κ2) is 5.12. The Kier molecular flexibility index (Phi) is 2.75. The van der Waals surface area contributed by atoms with Gasteiger partial charge in [-0.2, -0.15) is 0 Å². The van der Waals surface area contributed by atoms with Crippen molar-refractivity contribution < 1.29 is 4.42 Å². The van der Waals surface area contributed by atoms with Gasteiger partial charge in [-0.1, -0.05) is 48.6 Å². The summed E-state index contributed by atoms with van der Waals surface area (Å²) in [6, 6.07) is 21.4. The van der Waals surface area contributed by atoms with E-state index >= 15 is 0 Å². The van der Waals surface area contributed by atoms with Crippen molar-refractivity contribution in [2.45, 2.75) is 12.8 Å². The summed E-state index contributed by atoms with van der Waals surface area (Å²) in [5.41, 5.74) is 5.48. The van der Waals surface area contributed by atoms with Crippen molar-refractivity contribution in [2.24, 2.45) is 0 Å². The van der Waals surface area contributed by atoms with Gasteiger partial charge in [0.25, 0.3) is 0 Å². The molecule has 0 fully saturated rings. The number of H-pyrrole nitrogens is 1. The molecule has 0 saturated carbocycles. The fourth-order valence-electron chi connectivity index (χ4n) is 4.15. The smallest absolute Gasteiger partial charge is 0.137 e. The minimum absolute atomic E-state index is 0.941. The van der Waals surface area contributed by atoms with Crippen LogP contribution in [-0.2, 0) is 0 Å². The lowest BCUT2D eigenvalue weighted by Crippen LogP contribution is -2.24. The summed E-state index contributed by atoms with van der Waals surface area (Å²) in [4.78, 5) is 3.54. The van der Waals surface area contributed by atoms with E-state index in [4.69, 9.17) is 4.42 Å². The number of aromatic nitrogens is 1. The SMILES string of the molecule is C1=c2[nH]c3cc4oc5ccc(-c6ccccc6)cc5c4cc3c2=CCC1. The summed E-state index contributed by atoms with van der Waals surface area (Å²) in [6.07, 6.45) is 6.86. The fourth-order valence-corrected chi connectivity index (χ4v) is 4.15. The Morgan fingerprint density at radius 1 is 0.692 bits per heavy atom. The zero-order chi connectivity index (χ0) is 17.1. The third kappa shape index (κ3) is 1.93. The molecule has 0 bridgehead atoms. The summed E-state index contributed by atoms with van der Waals surface area (Å²) in [5.74, 6) is 0. The van der Waals surface area contributed by atoms with Gasteiger partial charge < -0.3 is 9.40 Å². The number of rotatable bonds is 1. The molecule has 0 unspecified atom stereocenters. The number of hydrogen-bond donors (Lipinski definition) is 1. The largest absolute Gasteiger partial charge is 0.456 e. The topological polar surface area (TPSA) is 28.9 Å². The van der Waals surface area contributed by atoms with Gasteiger partial charge in [-0.3, -0.25) is 0 Å². The summed E-state index contributed by atoms with van der Waals surface area (Å²) in [5, 5.41) is 6.23. The number of aromatic amines is 1. The van der Waals surface area contributed by atoms with Gasteiger partial charge >= 0.3 is 0 Å². The van der Waals surface area contributed by atoms with Crippen molar-refractivity contribution in [1.82, 2.24) is 4.98 Å². The Labute approximate surface area is 150 Å². The van der Waals surface area contributed by atoms with Crippen LogP contribution < -0.4 is 10.6 Å². The summed E-state index contributed by atoms with van der Waals surface area (Å²) in [6.45, 7) is 0. The van der Waals surface area contributed by atoms with Crippen molar-refractivity contribution in [3.63, 3.8) is 0 Å². The van der Waals surface area contributed by atoms with Gasteiger partial charge in [-0.15, -0.1) is 0 Å². The monoisotopic (exact) mass is 335 g/mol. The number of hydrogen-bond acceptors (Lipinski definition) is 1. The van der Waals surface area contributed by atoms with Crippen molar-refractivity contribution in [2.75, 3.05) is 0 Å². The molecule has 1 aliphatic rings. The molecule has 2 heterocycles. The van der Waals surface area contributed by atoms with E-state index in [0.29, 0.717) is 0 Å². The summed E-state index contributed by atoms with van der Waals surface area (Å²) < 4.78 is 6.14. The van der Waals surface area contributed by atoms with Gasteiger partial charge in [0.1, 0.15) is 11.2 Å². The van der Waals surface area contributed by atoms with E-state index in [-0.39, 0.29) is 0 Å². The Balaban J connectivity index is 1.69. The highest BCUT2D eigenvalue weighted by Crippen LogP contribution is 2.33. The van der Waals surface area contributed by atoms with Gasteiger partial charge in [-0.05, 0) is 42.2 Å². The molecule has 0 radical (unpaired) electrons. The summed E-state index contributed by atoms with van der Waals surface area (Å²) in [7, 11) is 0. The number of benzene rings is 3. The van der Waals surface area contributed by atoms with Crippen molar-refractivity contribution in [3.05, 3.63) is 71.2 Å². The lowest BCUT2D eigenvalue weighted by Gasteiger charge is -2.01. The highest BCUT2D eigenvalue weighted by molar-refractivity contribution is 6.10. The molecular weight excluding hydrogens is 318 g/mol. The van der Waals surface area contributed by atoms with Gasteiger partial charge in [0.05, 0.1) is 5.52 Å². The Morgan fingerprint density at radius 3 is 2.46 bits per heavy atom. The third-order valence-corrected chi connectivity index (χ3v) is 5.43. The lowest BCUT2D eigenvalue weighted by atomic mass is 10.0. The van der Waals surface area contributed by atoms with Gasteiger partial charge in [0, 0.05) is 32.8 Å². The first-order valence-electron chi connectivity index (χ1n) is 9.11. The molecule has 26 heavy (non-hydrogen) atoms. The normalized spacial score (nSPS) is 13.7. The Hall–Kier alpha value is -3.26. The first-order chi connectivity index (χ1) is 12.9. The van der Waals surface area contributed by atoms with Crippen LogP contribution in [0, 0.1) is 0 Å². The number of furan rings is 1. The molecule has 0 amide bonds. The van der Waals surface area contributed by atoms with E-state index in [1.54, 1.807) is 0 Å². The number of nitrogens with one attached hydrogen (secondary N) is 1. The van der Waals surface area contributed by atoms with E-state index in [9.17, 15) is 0 Å². The average Bonchev–Trinajstić information content (AvgIpc) is 3.23. The molecule has 124 valence electrons. The summed E-state index contributed by atoms with van der Waals surface area (Å²) >= 11 is 0. The maximum Gasteiger partial charge on any atom is 0.137 e. The highest BCUT2D eigenvalue weighted by atomic mass is 16.3. The van der Waals surface area contributed by atoms with Crippen LogP contribution >= 0.6 is 0 Å². The van der Waals surface area contributed by atoms with Gasteiger partial charge in [0.15, 0.2) is 0 Å². The minimum atomic E-state index is 0.941. The lowest BCUT2D eigenvalue weighted by molar-refractivity contribution is 0.669. The molecule has 0 aliphatic heterocycles. The maximum absolute atomic E-state index is 6.14. The molecule has 1 N–H and O–H groups in total. The van der Waals surface area contributed by atoms with Crippen LogP contribution in [0.2, 0.25) is 0 Å². The molecule has 6 rings (SSSR count). The average molecular weight is 335 g/mol. The van der Waals surface area contributed by atoms with Crippen LogP contribution in [0.1, 0.15) is 12.8 Å². The molecule has 2 aromatic heterocycles. The van der Waals surface area contributed by atoms with E-state index in [2.05, 4.69) is 77.8 Å². The molecule has 5 aromatic rings. The number of fused-ring (bicyclic) bond motifs is 6. The predicted octanol–water partition coefficient (Wildman–Crippen LogP) is 5.09. The maximum atomic E-state index is 6.14.